The van der Waals surface area contributed by atoms with Crippen molar-refractivity contribution in [1.29, 1.82) is 0 Å². The van der Waals surface area contributed by atoms with E-state index in [0.717, 1.165) is 24.8 Å². The highest BCUT2D eigenvalue weighted by atomic mass is 16.5. The third-order valence-electron chi connectivity index (χ3n) is 4.20. The molecule has 2 aromatic rings. The fourth-order valence-electron chi connectivity index (χ4n) is 2.55. The van der Waals surface area contributed by atoms with Crippen molar-refractivity contribution in [2.45, 2.75) is 32.6 Å². The summed E-state index contributed by atoms with van der Waals surface area (Å²) >= 11 is 0. The summed E-state index contributed by atoms with van der Waals surface area (Å²) in [5.74, 6) is 0.429. The molecule has 27 heavy (non-hydrogen) atoms. The van der Waals surface area contributed by atoms with E-state index in [1.165, 1.54) is 0 Å². The van der Waals surface area contributed by atoms with E-state index in [9.17, 15) is 9.59 Å². The molecule has 0 saturated heterocycles. The van der Waals surface area contributed by atoms with E-state index in [-0.39, 0.29) is 11.8 Å². The van der Waals surface area contributed by atoms with Crippen LogP contribution in [0.5, 0.6) is 5.75 Å². The van der Waals surface area contributed by atoms with Gasteiger partial charge in [-0.2, -0.15) is 0 Å². The summed E-state index contributed by atoms with van der Waals surface area (Å²) in [5.41, 5.74) is 2.11. The Morgan fingerprint density at radius 1 is 1.00 bits per heavy atom. The van der Waals surface area contributed by atoms with Gasteiger partial charge in [0.15, 0.2) is 0 Å². The minimum absolute atomic E-state index is 0.0425. The van der Waals surface area contributed by atoms with E-state index in [1.54, 1.807) is 37.2 Å². The minimum atomic E-state index is -0.210. The van der Waals surface area contributed by atoms with Crippen molar-refractivity contribution in [2.75, 3.05) is 26.0 Å². The molecule has 0 aromatic heterocycles. The van der Waals surface area contributed by atoms with Crippen LogP contribution in [0.2, 0.25) is 0 Å². The first-order chi connectivity index (χ1) is 13.0. The zero-order chi connectivity index (χ0) is 19.6. The van der Waals surface area contributed by atoms with Gasteiger partial charge in [-0.15, -0.1) is 0 Å². The molecule has 0 fully saturated rings. The molecule has 0 aliphatic carbocycles. The maximum atomic E-state index is 12.6. The second kappa shape index (κ2) is 10.4. The molecule has 0 saturated carbocycles. The molecule has 5 nitrogen and oxygen atoms in total. The van der Waals surface area contributed by atoms with Crippen molar-refractivity contribution in [1.82, 2.24) is 4.90 Å². The van der Waals surface area contributed by atoms with E-state index in [4.69, 9.17) is 4.74 Å². The van der Waals surface area contributed by atoms with Crippen LogP contribution in [0.4, 0.5) is 5.69 Å². The van der Waals surface area contributed by atoms with E-state index < -0.39 is 0 Å². The first kappa shape index (κ1) is 20.5. The first-order valence-electron chi connectivity index (χ1n) is 9.33. The van der Waals surface area contributed by atoms with E-state index in [1.807, 2.05) is 30.3 Å². The standard InChI is InChI=1S/C22H28N2O3/c1-4-5-8-15-27-20-10-7-6-9-19(20)22(26)23-18-13-11-17(12-14-18)16-21(25)24(2)3/h6-7,9-14H,4-5,8,15-16H2,1-3H3,(H,23,26). The van der Waals surface area contributed by atoms with Gasteiger partial charge in [0.05, 0.1) is 18.6 Å². The first-order valence-corrected chi connectivity index (χ1v) is 9.33. The summed E-state index contributed by atoms with van der Waals surface area (Å²) in [6, 6.07) is 14.6. The van der Waals surface area contributed by atoms with Gasteiger partial charge in [-0.1, -0.05) is 44.0 Å². The number of hydrogen-bond donors (Lipinski definition) is 1. The summed E-state index contributed by atoms with van der Waals surface area (Å²) in [7, 11) is 3.47. The smallest absolute Gasteiger partial charge is 0.259 e. The molecular weight excluding hydrogens is 340 g/mol. The molecule has 1 N–H and O–H groups in total. The Balaban J connectivity index is 1.99. The molecule has 5 heteroatoms. The largest absolute Gasteiger partial charge is 0.493 e. The second-order valence-corrected chi connectivity index (χ2v) is 6.67. The van der Waals surface area contributed by atoms with Crippen molar-refractivity contribution in [3.63, 3.8) is 0 Å². The number of hydrogen-bond acceptors (Lipinski definition) is 3. The molecule has 0 aliphatic rings. The number of rotatable bonds is 9. The number of anilines is 1. The molecule has 0 heterocycles. The zero-order valence-corrected chi connectivity index (χ0v) is 16.3. The van der Waals surface area contributed by atoms with Crippen LogP contribution >= 0.6 is 0 Å². The van der Waals surface area contributed by atoms with Gasteiger partial charge in [-0.3, -0.25) is 9.59 Å². The zero-order valence-electron chi connectivity index (χ0n) is 16.3. The molecule has 0 bridgehead atoms. The van der Waals surface area contributed by atoms with Crippen LogP contribution in [0, 0.1) is 0 Å². The fraction of sp³-hybridized carbons (Fsp3) is 0.364. The molecule has 0 atom stereocenters. The summed E-state index contributed by atoms with van der Waals surface area (Å²) in [4.78, 5) is 26.0. The van der Waals surface area contributed by atoms with Gasteiger partial charge in [0.25, 0.3) is 5.91 Å². The molecule has 0 aliphatic heterocycles. The van der Waals surface area contributed by atoms with Gasteiger partial charge in [0.2, 0.25) is 5.91 Å². The molecule has 144 valence electrons. The topological polar surface area (TPSA) is 58.6 Å². The van der Waals surface area contributed by atoms with Gasteiger partial charge in [0.1, 0.15) is 5.75 Å². The van der Waals surface area contributed by atoms with Crippen LogP contribution < -0.4 is 10.1 Å². The second-order valence-electron chi connectivity index (χ2n) is 6.67. The molecule has 2 rings (SSSR count). The number of ether oxygens (including phenoxy) is 1. The van der Waals surface area contributed by atoms with Crippen molar-refractivity contribution in [2.24, 2.45) is 0 Å². The van der Waals surface area contributed by atoms with Gasteiger partial charge in [-0.05, 0) is 36.2 Å². The normalized spacial score (nSPS) is 10.3. The third kappa shape index (κ3) is 6.44. The Labute approximate surface area is 161 Å². The van der Waals surface area contributed by atoms with Crippen molar-refractivity contribution < 1.29 is 14.3 Å². The monoisotopic (exact) mass is 368 g/mol. The van der Waals surface area contributed by atoms with Gasteiger partial charge in [-0.25, -0.2) is 0 Å². The minimum Gasteiger partial charge on any atom is -0.493 e. The number of benzene rings is 2. The van der Waals surface area contributed by atoms with Crippen LogP contribution in [0.25, 0.3) is 0 Å². The van der Waals surface area contributed by atoms with E-state index in [2.05, 4.69) is 12.2 Å². The molecule has 0 unspecified atom stereocenters. The predicted molar refractivity (Wildman–Crippen MR) is 108 cm³/mol. The van der Waals surface area contributed by atoms with E-state index in [0.29, 0.717) is 30.0 Å². The maximum absolute atomic E-state index is 12.6. The van der Waals surface area contributed by atoms with Crippen LogP contribution in [0.3, 0.4) is 0 Å². The van der Waals surface area contributed by atoms with Gasteiger partial charge >= 0.3 is 0 Å². The Morgan fingerprint density at radius 3 is 2.37 bits per heavy atom. The number of carbonyl (C=O) groups is 2. The average molecular weight is 368 g/mol. The lowest BCUT2D eigenvalue weighted by atomic mass is 10.1. The van der Waals surface area contributed by atoms with Crippen LogP contribution in [-0.4, -0.2) is 37.4 Å². The summed E-state index contributed by atoms with van der Waals surface area (Å²) in [6.45, 7) is 2.75. The number of carbonyl (C=O) groups excluding carboxylic acids is 2. The average Bonchev–Trinajstić information content (AvgIpc) is 2.67. The van der Waals surface area contributed by atoms with Gasteiger partial charge in [0, 0.05) is 19.8 Å². The Hall–Kier alpha value is -2.82. The van der Waals surface area contributed by atoms with E-state index >= 15 is 0 Å². The summed E-state index contributed by atoms with van der Waals surface area (Å²) in [6.07, 6.45) is 3.55. The molecule has 0 radical (unpaired) electrons. The van der Waals surface area contributed by atoms with Crippen molar-refractivity contribution in [3.05, 3.63) is 59.7 Å². The fourth-order valence-corrected chi connectivity index (χ4v) is 2.55. The number of nitrogens with one attached hydrogen (secondary N) is 1. The van der Waals surface area contributed by atoms with Crippen molar-refractivity contribution >= 4 is 17.5 Å². The maximum Gasteiger partial charge on any atom is 0.259 e. The SMILES string of the molecule is CCCCCOc1ccccc1C(=O)Nc1ccc(CC(=O)N(C)C)cc1. The summed E-state index contributed by atoms with van der Waals surface area (Å²) in [5, 5.41) is 2.89. The predicted octanol–water partition coefficient (Wildman–Crippen LogP) is 4.14. The Bertz CT molecular complexity index is 754. The number of amides is 2. The third-order valence-corrected chi connectivity index (χ3v) is 4.20. The number of para-hydroxylation sites is 1. The molecule has 2 aromatic carbocycles. The highest BCUT2D eigenvalue weighted by Gasteiger charge is 2.13. The van der Waals surface area contributed by atoms with Crippen LogP contribution in [0.15, 0.2) is 48.5 Å². The highest BCUT2D eigenvalue weighted by molar-refractivity contribution is 6.06. The lowest BCUT2D eigenvalue weighted by Gasteiger charge is -2.12. The lowest BCUT2D eigenvalue weighted by Crippen LogP contribution is -2.23. The molecule has 2 amide bonds. The number of unbranched alkanes of at least 4 members (excludes halogenated alkanes) is 2. The number of nitrogens with zero attached hydrogens (tertiary/aromatic N) is 1. The lowest BCUT2D eigenvalue weighted by molar-refractivity contribution is -0.127. The van der Waals surface area contributed by atoms with Crippen LogP contribution in [0.1, 0.15) is 42.1 Å². The summed E-state index contributed by atoms with van der Waals surface area (Å²) < 4.78 is 5.78. The Morgan fingerprint density at radius 2 is 1.70 bits per heavy atom. The Kier molecular flexibility index (Phi) is 7.86. The van der Waals surface area contributed by atoms with Crippen molar-refractivity contribution in [3.8, 4) is 5.75 Å². The highest BCUT2D eigenvalue weighted by Crippen LogP contribution is 2.20. The van der Waals surface area contributed by atoms with Gasteiger partial charge < -0.3 is 15.0 Å². The molecular formula is C22H28N2O3. The number of likely N-dealkylation sites (N-methyl/N-ethyl adjacent to an activating group) is 1. The van der Waals surface area contributed by atoms with Crippen LogP contribution in [-0.2, 0) is 11.2 Å². The quantitative estimate of drug-likeness (QED) is 0.677. The molecule has 0 spiro atoms.